The van der Waals surface area contributed by atoms with E-state index in [-0.39, 0.29) is 9.99 Å². The zero-order valence-electron chi connectivity index (χ0n) is 12.8. The van der Waals surface area contributed by atoms with Crippen molar-refractivity contribution in [2.75, 3.05) is 0 Å². The maximum absolute atomic E-state index is 12.1. The van der Waals surface area contributed by atoms with Gasteiger partial charge in [-0.25, -0.2) is 13.1 Å². The number of thiophene rings is 1. The van der Waals surface area contributed by atoms with Crippen LogP contribution in [-0.2, 0) is 14.8 Å². The van der Waals surface area contributed by atoms with Crippen LogP contribution < -0.4 is 9.46 Å². The fourth-order valence-electron chi connectivity index (χ4n) is 1.75. The number of halogens is 1. The smallest absolute Gasteiger partial charge is 0.274 e. The van der Waals surface area contributed by atoms with Crippen LogP contribution in [0.5, 0.6) is 5.75 Å². The van der Waals surface area contributed by atoms with E-state index in [0.717, 1.165) is 11.3 Å². The first kappa shape index (κ1) is 18.6. The Labute approximate surface area is 152 Å². The summed E-state index contributed by atoms with van der Waals surface area (Å²) in [6, 6.07) is 9.30. The third-order valence-electron chi connectivity index (χ3n) is 2.97. The molecule has 0 saturated heterocycles. The minimum atomic E-state index is -3.94. The molecule has 9 heteroatoms. The Kier molecular flexibility index (Phi) is 5.79. The van der Waals surface area contributed by atoms with Crippen LogP contribution in [0.2, 0.25) is 0 Å². The summed E-state index contributed by atoms with van der Waals surface area (Å²) >= 11 is 4.16. The van der Waals surface area contributed by atoms with Crippen molar-refractivity contribution >= 4 is 49.0 Å². The molecule has 1 heterocycles. The lowest BCUT2D eigenvalue weighted by atomic mass is 10.1. The van der Waals surface area contributed by atoms with E-state index in [0.29, 0.717) is 15.1 Å². The molecule has 1 aromatic heterocycles. The number of carbonyl (C=O) groups excluding carboxylic acids is 2. The van der Waals surface area contributed by atoms with Crippen molar-refractivity contribution in [2.24, 2.45) is 0 Å². The topological polar surface area (TPSA) is 89.5 Å². The number of Topliss-reactive ketones (excluding diaryl/α,β-unsaturated/α-hetero) is 1. The van der Waals surface area contributed by atoms with Crippen LogP contribution in [0.4, 0.5) is 0 Å². The quantitative estimate of drug-likeness (QED) is 0.709. The van der Waals surface area contributed by atoms with E-state index in [9.17, 15) is 18.0 Å². The molecular weight excluding hydrogens is 418 g/mol. The van der Waals surface area contributed by atoms with Crippen molar-refractivity contribution in [3.63, 3.8) is 0 Å². The number of ether oxygens (including phenoxy) is 1. The number of hydrogen-bond acceptors (Lipinski definition) is 6. The summed E-state index contributed by atoms with van der Waals surface area (Å²) in [4.78, 5) is 23.4. The van der Waals surface area contributed by atoms with E-state index in [4.69, 9.17) is 4.74 Å². The molecule has 2 rings (SSSR count). The Morgan fingerprint density at radius 1 is 1.25 bits per heavy atom. The van der Waals surface area contributed by atoms with Crippen molar-refractivity contribution in [2.45, 2.75) is 24.2 Å². The number of rotatable bonds is 6. The molecule has 24 heavy (non-hydrogen) atoms. The molecule has 0 spiro atoms. The number of nitrogens with one attached hydrogen (secondary N) is 1. The molecule has 6 nitrogen and oxygen atoms in total. The Bertz CT molecular complexity index is 875. The zero-order valence-corrected chi connectivity index (χ0v) is 16.0. The largest absolute Gasteiger partial charge is 0.481 e. The lowest BCUT2D eigenvalue weighted by molar-refractivity contribution is -0.125. The molecule has 1 N–H and O–H groups in total. The molecule has 1 atom stereocenters. The van der Waals surface area contributed by atoms with Gasteiger partial charge in [0.05, 0.1) is 3.79 Å². The SMILES string of the molecule is CC(=O)c1cccc(OC(C)C(=O)NS(=O)(=O)c2ccc(Br)s2)c1. The van der Waals surface area contributed by atoms with Gasteiger partial charge in [-0.1, -0.05) is 12.1 Å². The molecule has 0 fully saturated rings. The molecule has 1 amide bonds. The first-order chi connectivity index (χ1) is 11.2. The predicted octanol–water partition coefficient (Wildman–Crippen LogP) is 2.99. The molecule has 0 aliphatic rings. The minimum Gasteiger partial charge on any atom is -0.481 e. The van der Waals surface area contributed by atoms with Gasteiger partial charge in [-0.2, -0.15) is 0 Å². The van der Waals surface area contributed by atoms with Crippen LogP contribution in [0, 0.1) is 0 Å². The third-order valence-corrected chi connectivity index (χ3v) is 6.43. The monoisotopic (exact) mass is 431 g/mol. The Morgan fingerprint density at radius 2 is 1.96 bits per heavy atom. The van der Waals surface area contributed by atoms with Crippen molar-refractivity contribution in [1.82, 2.24) is 4.72 Å². The molecule has 2 aromatic rings. The summed E-state index contributed by atoms with van der Waals surface area (Å²) in [6.45, 7) is 2.84. The highest BCUT2D eigenvalue weighted by Gasteiger charge is 2.24. The second kappa shape index (κ2) is 7.45. The van der Waals surface area contributed by atoms with Gasteiger partial charge >= 0.3 is 0 Å². The maximum Gasteiger partial charge on any atom is 0.274 e. The van der Waals surface area contributed by atoms with E-state index in [2.05, 4.69) is 15.9 Å². The van der Waals surface area contributed by atoms with Crippen molar-refractivity contribution < 1.29 is 22.7 Å². The molecule has 1 aromatic carbocycles. The highest BCUT2D eigenvalue weighted by atomic mass is 79.9. The standard InChI is InChI=1S/C15H14BrNO5S2/c1-9(18)11-4-3-5-12(8-11)22-10(2)15(19)17-24(20,21)14-7-6-13(16)23-14/h3-8,10H,1-2H3,(H,17,19). The molecular formula is C15H14BrNO5S2. The average molecular weight is 432 g/mol. The highest BCUT2D eigenvalue weighted by Crippen LogP contribution is 2.26. The zero-order chi connectivity index (χ0) is 17.9. The van der Waals surface area contributed by atoms with Crippen molar-refractivity contribution in [3.8, 4) is 5.75 Å². The molecule has 0 saturated carbocycles. The number of hydrogen-bond donors (Lipinski definition) is 1. The lowest BCUT2D eigenvalue weighted by Gasteiger charge is -2.14. The second-order valence-electron chi connectivity index (χ2n) is 4.87. The van der Waals surface area contributed by atoms with Crippen LogP contribution in [0.3, 0.4) is 0 Å². The summed E-state index contributed by atoms with van der Waals surface area (Å²) in [6.07, 6.45) is -1.05. The van der Waals surface area contributed by atoms with E-state index in [1.165, 1.54) is 26.0 Å². The van der Waals surface area contributed by atoms with Crippen LogP contribution in [0.15, 0.2) is 44.4 Å². The van der Waals surface area contributed by atoms with Gasteiger partial charge in [0.2, 0.25) is 0 Å². The lowest BCUT2D eigenvalue weighted by Crippen LogP contribution is -2.39. The van der Waals surface area contributed by atoms with Crippen LogP contribution in [0.1, 0.15) is 24.2 Å². The number of sulfonamides is 1. The van der Waals surface area contributed by atoms with Gasteiger partial charge in [-0.3, -0.25) is 9.59 Å². The fraction of sp³-hybridized carbons (Fsp3) is 0.200. The second-order valence-corrected chi connectivity index (χ2v) is 9.24. The van der Waals surface area contributed by atoms with Crippen molar-refractivity contribution in [3.05, 3.63) is 45.7 Å². The van der Waals surface area contributed by atoms with E-state index >= 15 is 0 Å². The molecule has 0 aliphatic carbocycles. The van der Waals surface area contributed by atoms with Gasteiger partial charge in [0.1, 0.15) is 9.96 Å². The summed E-state index contributed by atoms with van der Waals surface area (Å²) in [5, 5.41) is 0. The molecule has 0 bridgehead atoms. The van der Waals surface area contributed by atoms with Crippen LogP contribution in [0.25, 0.3) is 0 Å². The van der Waals surface area contributed by atoms with Crippen molar-refractivity contribution in [1.29, 1.82) is 0 Å². The van der Waals surface area contributed by atoms with Crippen LogP contribution in [-0.4, -0.2) is 26.2 Å². The summed E-state index contributed by atoms with van der Waals surface area (Å²) in [5.74, 6) is -0.627. The maximum atomic E-state index is 12.1. The number of amides is 1. The molecule has 0 radical (unpaired) electrons. The number of ketones is 1. The highest BCUT2D eigenvalue weighted by molar-refractivity contribution is 9.11. The Morgan fingerprint density at radius 3 is 2.54 bits per heavy atom. The Balaban J connectivity index is 2.07. The van der Waals surface area contributed by atoms with Gasteiger partial charge < -0.3 is 4.74 Å². The number of carbonyl (C=O) groups is 2. The number of benzene rings is 1. The minimum absolute atomic E-state index is 0.0218. The average Bonchev–Trinajstić information content (AvgIpc) is 2.94. The van der Waals surface area contributed by atoms with E-state index < -0.39 is 22.0 Å². The first-order valence-electron chi connectivity index (χ1n) is 6.78. The van der Waals surface area contributed by atoms with Gasteiger partial charge in [-0.15, -0.1) is 11.3 Å². The normalized spacial score (nSPS) is 12.5. The van der Waals surface area contributed by atoms with Gasteiger partial charge in [0.25, 0.3) is 15.9 Å². The third kappa shape index (κ3) is 4.65. The van der Waals surface area contributed by atoms with Gasteiger partial charge in [-0.05, 0) is 54.0 Å². The molecule has 1 unspecified atom stereocenters. The summed E-state index contributed by atoms with van der Waals surface area (Å²) in [7, 11) is -3.94. The summed E-state index contributed by atoms with van der Waals surface area (Å²) < 4.78 is 32.3. The first-order valence-corrected chi connectivity index (χ1v) is 9.88. The van der Waals surface area contributed by atoms with E-state index in [1.807, 2.05) is 4.72 Å². The molecule has 128 valence electrons. The Hall–Kier alpha value is -1.71. The fourth-order valence-corrected chi connectivity index (χ4v) is 4.81. The van der Waals surface area contributed by atoms with Crippen LogP contribution >= 0.6 is 27.3 Å². The summed E-state index contributed by atoms with van der Waals surface area (Å²) in [5.41, 5.74) is 0.441. The van der Waals surface area contributed by atoms with Gasteiger partial charge in [0, 0.05) is 5.56 Å². The molecule has 0 aliphatic heterocycles. The van der Waals surface area contributed by atoms with Gasteiger partial charge in [0.15, 0.2) is 11.9 Å². The van der Waals surface area contributed by atoms with E-state index in [1.54, 1.807) is 24.3 Å². The predicted molar refractivity (Wildman–Crippen MR) is 93.9 cm³/mol.